The summed E-state index contributed by atoms with van der Waals surface area (Å²) in [6, 6.07) is 0. The summed E-state index contributed by atoms with van der Waals surface area (Å²) in [5.41, 5.74) is -0.881. The van der Waals surface area contributed by atoms with Crippen molar-refractivity contribution >= 4 is 11.9 Å². The van der Waals surface area contributed by atoms with Gasteiger partial charge in [0.05, 0.1) is 7.11 Å². The number of hydrogen-bond donors (Lipinski definition) is 0. The largest absolute Gasteiger partial charge is 0.466 e. The van der Waals surface area contributed by atoms with Crippen LogP contribution in [0.25, 0.3) is 0 Å². The minimum absolute atomic E-state index is 0.0483. The molecule has 6 nitrogen and oxygen atoms in total. The van der Waals surface area contributed by atoms with Gasteiger partial charge in [0.25, 0.3) is 0 Å². The zero-order valence-electron chi connectivity index (χ0n) is 10.0. The Hall–Kier alpha value is -1.98. The molecule has 1 aliphatic rings. The molecule has 0 aromatic heterocycles. The van der Waals surface area contributed by atoms with E-state index in [1.54, 1.807) is 13.8 Å². The van der Waals surface area contributed by atoms with Crippen LogP contribution < -0.4 is 0 Å². The Morgan fingerprint density at radius 1 is 1.41 bits per heavy atom. The lowest BCUT2D eigenvalue weighted by Crippen LogP contribution is -2.26. The molecule has 6 heteroatoms. The second kappa shape index (κ2) is 4.90. The quantitative estimate of drug-likeness (QED) is 0.547. The minimum Gasteiger partial charge on any atom is -0.466 e. The van der Waals surface area contributed by atoms with E-state index < -0.39 is 17.5 Å². The number of carbonyl (C=O) groups excluding carboxylic acids is 2. The van der Waals surface area contributed by atoms with Gasteiger partial charge in [-0.05, 0) is 13.8 Å². The Labute approximate surface area is 99.0 Å². The molecule has 0 atom stereocenters. The number of hydrogen-bond acceptors (Lipinski definition) is 6. The van der Waals surface area contributed by atoms with E-state index in [1.807, 2.05) is 0 Å². The summed E-state index contributed by atoms with van der Waals surface area (Å²) in [5.74, 6) is -1.34. The molecule has 92 valence electrons. The van der Waals surface area contributed by atoms with Gasteiger partial charge in [0.1, 0.15) is 17.7 Å². The Morgan fingerprint density at radius 2 is 2.06 bits per heavy atom. The maximum atomic E-state index is 11.6. The van der Waals surface area contributed by atoms with Crippen LogP contribution in [0, 0.1) is 0 Å². The van der Waals surface area contributed by atoms with Crippen LogP contribution in [0.1, 0.15) is 13.8 Å². The van der Waals surface area contributed by atoms with Gasteiger partial charge in [-0.25, -0.2) is 9.59 Å². The molecular weight excluding hydrogens is 224 g/mol. The van der Waals surface area contributed by atoms with Gasteiger partial charge in [-0.2, -0.15) is 5.11 Å². The van der Waals surface area contributed by atoms with Crippen molar-refractivity contribution in [3.63, 3.8) is 0 Å². The Balaban J connectivity index is 3.07. The molecule has 1 heterocycles. The molecular formula is C11H14N2O4. The highest BCUT2D eigenvalue weighted by Gasteiger charge is 2.40. The highest BCUT2D eigenvalue weighted by atomic mass is 16.5. The SMILES string of the molecule is C=CCOC(=O)C1=C(C(=O)OC)C(C)(C)N=N1. The molecule has 1 aliphatic heterocycles. The van der Waals surface area contributed by atoms with Crippen molar-refractivity contribution in [2.24, 2.45) is 10.2 Å². The summed E-state index contributed by atoms with van der Waals surface area (Å²) in [5, 5.41) is 7.54. The molecule has 0 saturated carbocycles. The first-order valence-corrected chi connectivity index (χ1v) is 4.98. The molecule has 0 aromatic rings. The zero-order chi connectivity index (χ0) is 13.1. The molecule has 0 fully saturated rings. The third-order valence-corrected chi connectivity index (χ3v) is 2.16. The van der Waals surface area contributed by atoms with E-state index in [2.05, 4.69) is 21.5 Å². The predicted octanol–water partition coefficient (Wildman–Crippen LogP) is 1.39. The van der Waals surface area contributed by atoms with Gasteiger partial charge in [0, 0.05) is 0 Å². The van der Waals surface area contributed by atoms with Crippen LogP contribution >= 0.6 is 0 Å². The van der Waals surface area contributed by atoms with Gasteiger partial charge in [0.2, 0.25) is 0 Å². The van der Waals surface area contributed by atoms with Crippen LogP contribution in [-0.4, -0.2) is 31.2 Å². The predicted molar refractivity (Wildman–Crippen MR) is 59.1 cm³/mol. The van der Waals surface area contributed by atoms with Crippen LogP contribution in [0.5, 0.6) is 0 Å². The zero-order valence-corrected chi connectivity index (χ0v) is 10.0. The molecule has 1 rings (SSSR count). The molecule has 0 unspecified atom stereocenters. The molecule has 0 amide bonds. The lowest BCUT2D eigenvalue weighted by atomic mass is 9.94. The van der Waals surface area contributed by atoms with E-state index in [0.717, 1.165) is 0 Å². The fourth-order valence-electron chi connectivity index (χ4n) is 1.36. The van der Waals surface area contributed by atoms with Crippen molar-refractivity contribution in [2.75, 3.05) is 13.7 Å². The Morgan fingerprint density at radius 3 is 2.59 bits per heavy atom. The van der Waals surface area contributed by atoms with Gasteiger partial charge in [-0.3, -0.25) is 0 Å². The van der Waals surface area contributed by atoms with E-state index in [4.69, 9.17) is 4.74 Å². The molecule has 0 N–H and O–H groups in total. The first-order chi connectivity index (χ1) is 7.94. The van der Waals surface area contributed by atoms with Gasteiger partial charge in [0.15, 0.2) is 5.70 Å². The van der Waals surface area contributed by atoms with Crippen molar-refractivity contribution in [2.45, 2.75) is 19.4 Å². The fourth-order valence-corrected chi connectivity index (χ4v) is 1.36. The van der Waals surface area contributed by atoms with Crippen molar-refractivity contribution < 1.29 is 19.1 Å². The molecule has 0 aliphatic carbocycles. The van der Waals surface area contributed by atoms with Gasteiger partial charge >= 0.3 is 11.9 Å². The first-order valence-electron chi connectivity index (χ1n) is 4.98. The van der Waals surface area contributed by atoms with Crippen LogP contribution in [0.15, 0.2) is 34.2 Å². The standard InChI is InChI=1S/C11H14N2O4/c1-5-6-17-10(15)8-7(9(14)16-4)11(2,3)13-12-8/h5H,1,6H2,2-4H3. The van der Waals surface area contributed by atoms with Gasteiger partial charge < -0.3 is 9.47 Å². The highest BCUT2D eigenvalue weighted by Crippen LogP contribution is 2.33. The van der Waals surface area contributed by atoms with Crippen LogP contribution in [0.4, 0.5) is 0 Å². The van der Waals surface area contributed by atoms with Crippen molar-refractivity contribution in [1.82, 2.24) is 0 Å². The van der Waals surface area contributed by atoms with Crippen molar-refractivity contribution in [3.8, 4) is 0 Å². The topological polar surface area (TPSA) is 77.3 Å². The molecule has 0 saturated heterocycles. The smallest absolute Gasteiger partial charge is 0.359 e. The third-order valence-electron chi connectivity index (χ3n) is 2.16. The van der Waals surface area contributed by atoms with Crippen molar-refractivity contribution in [3.05, 3.63) is 23.9 Å². The number of nitrogens with zero attached hydrogens (tertiary/aromatic N) is 2. The van der Waals surface area contributed by atoms with E-state index in [0.29, 0.717) is 0 Å². The fraction of sp³-hybridized carbons (Fsp3) is 0.455. The van der Waals surface area contributed by atoms with Crippen LogP contribution in [0.3, 0.4) is 0 Å². The average Bonchev–Trinajstić information content (AvgIpc) is 2.61. The second-order valence-corrected chi connectivity index (χ2v) is 3.86. The monoisotopic (exact) mass is 238 g/mol. The second-order valence-electron chi connectivity index (χ2n) is 3.86. The molecule has 0 aromatic carbocycles. The molecule has 0 radical (unpaired) electrons. The van der Waals surface area contributed by atoms with Gasteiger partial charge in [-0.1, -0.05) is 12.7 Å². The summed E-state index contributed by atoms with van der Waals surface area (Å²) >= 11 is 0. The number of methoxy groups -OCH3 is 1. The number of azo groups is 1. The first kappa shape index (κ1) is 13.1. The maximum Gasteiger partial charge on any atom is 0.359 e. The third kappa shape index (κ3) is 2.58. The molecule has 17 heavy (non-hydrogen) atoms. The molecule has 0 bridgehead atoms. The normalized spacial score (nSPS) is 16.9. The van der Waals surface area contributed by atoms with E-state index >= 15 is 0 Å². The number of ether oxygens (including phenoxy) is 2. The molecule has 0 spiro atoms. The average molecular weight is 238 g/mol. The number of esters is 2. The Bertz CT molecular complexity index is 421. The van der Waals surface area contributed by atoms with Gasteiger partial charge in [-0.15, -0.1) is 5.11 Å². The van der Waals surface area contributed by atoms with Crippen LogP contribution in [0.2, 0.25) is 0 Å². The lowest BCUT2D eigenvalue weighted by Gasteiger charge is -2.15. The highest BCUT2D eigenvalue weighted by molar-refractivity contribution is 6.02. The summed E-state index contributed by atoms with van der Waals surface area (Å²) in [7, 11) is 1.23. The Kier molecular flexibility index (Phi) is 3.77. The van der Waals surface area contributed by atoms with E-state index in [9.17, 15) is 9.59 Å². The number of carbonyl (C=O) groups is 2. The van der Waals surface area contributed by atoms with E-state index in [1.165, 1.54) is 13.2 Å². The van der Waals surface area contributed by atoms with E-state index in [-0.39, 0.29) is 17.9 Å². The minimum atomic E-state index is -0.879. The summed E-state index contributed by atoms with van der Waals surface area (Å²) in [6.07, 6.45) is 1.42. The maximum absolute atomic E-state index is 11.6. The summed E-state index contributed by atoms with van der Waals surface area (Å²) in [6.45, 7) is 6.79. The summed E-state index contributed by atoms with van der Waals surface area (Å²) < 4.78 is 9.43. The lowest BCUT2D eigenvalue weighted by molar-refractivity contribution is -0.140. The van der Waals surface area contributed by atoms with Crippen LogP contribution in [-0.2, 0) is 19.1 Å². The van der Waals surface area contributed by atoms with Crippen molar-refractivity contribution in [1.29, 1.82) is 0 Å². The summed E-state index contributed by atoms with van der Waals surface area (Å²) in [4.78, 5) is 23.2. The number of rotatable bonds is 4.